The molecule has 0 N–H and O–H groups in total. The van der Waals surface area contributed by atoms with Crippen LogP contribution in [0.15, 0.2) is 11.0 Å². The van der Waals surface area contributed by atoms with Gasteiger partial charge in [-0.25, -0.2) is 10.9 Å². The van der Waals surface area contributed by atoms with Crippen LogP contribution in [0.1, 0.15) is 6.42 Å². The quantitative estimate of drug-likeness (QED) is 0.552. The van der Waals surface area contributed by atoms with Gasteiger partial charge in [0.05, 0.1) is 13.2 Å². The fourth-order valence-electron chi connectivity index (χ4n) is 0.856. The van der Waals surface area contributed by atoms with E-state index < -0.39 is 0 Å². The molecular formula is C7H14OS. The summed E-state index contributed by atoms with van der Waals surface area (Å²) in [6.07, 6.45) is 8.00. The van der Waals surface area contributed by atoms with E-state index in [1.54, 1.807) is 0 Å². The molecule has 0 aliphatic carbocycles. The lowest BCUT2D eigenvalue weighted by Crippen LogP contribution is -2.05. The summed E-state index contributed by atoms with van der Waals surface area (Å²) in [4.78, 5) is 1.52. The monoisotopic (exact) mass is 146 g/mol. The number of ether oxygens (including phenoxy) is 1. The van der Waals surface area contributed by atoms with Gasteiger partial charge in [-0.2, -0.15) is 0 Å². The van der Waals surface area contributed by atoms with E-state index in [2.05, 4.69) is 18.6 Å². The van der Waals surface area contributed by atoms with Gasteiger partial charge in [0.2, 0.25) is 0 Å². The minimum Gasteiger partial charge on any atom is -0.376 e. The number of hydrogen-bond acceptors (Lipinski definition) is 1. The largest absolute Gasteiger partial charge is 0.376 e. The molecule has 9 heavy (non-hydrogen) atoms. The molecule has 1 rings (SSSR count). The Labute approximate surface area is 59.4 Å². The molecule has 0 saturated heterocycles. The van der Waals surface area contributed by atoms with Crippen LogP contribution in [0, 0.1) is 0 Å². The second kappa shape index (κ2) is 3.28. The summed E-state index contributed by atoms with van der Waals surface area (Å²) >= 11 is 0. The molecule has 0 fully saturated rings. The summed E-state index contributed by atoms with van der Waals surface area (Å²) in [5.41, 5.74) is 0. The van der Waals surface area contributed by atoms with Crippen LogP contribution in [0.25, 0.3) is 0 Å². The highest BCUT2D eigenvalue weighted by molar-refractivity contribution is 8.19. The molecule has 1 heterocycles. The van der Waals surface area contributed by atoms with Gasteiger partial charge < -0.3 is 4.74 Å². The lowest BCUT2D eigenvalue weighted by molar-refractivity contribution is 0.156. The summed E-state index contributed by atoms with van der Waals surface area (Å²) in [5, 5.41) is 0. The van der Waals surface area contributed by atoms with Gasteiger partial charge >= 0.3 is 0 Å². The third-order valence-corrected chi connectivity index (χ3v) is 2.93. The lowest BCUT2D eigenvalue weighted by atomic mass is 10.3. The molecule has 1 aliphatic heterocycles. The predicted molar refractivity (Wildman–Crippen MR) is 44.4 cm³/mol. The maximum absolute atomic E-state index is 5.29. The Balaban J connectivity index is 2.46. The third-order valence-electron chi connectivity index (χ3n) is 1.47. The van der Waals surface area contributed by atoms with Crippen molar-refractivity contribution in [2.75, 3.05) is 25.7 Å². The van der Waals surface area contributed by atoms with E-state index >= 15 is 0 Å². The molecule has 0 saturated carbocycles. The van der Waals surface area contributed by atoms with Crippen molar-refractivity contribution < 1.29 is 4.74 Å². The highest BCUT2D eigenvalue weighted by Gasteiger charge is 2.03. The van der Waals surface area contributed by atoms with Crippen LogP contribution in [0.3, 0.4) is 0 Å². The molecule has 0 radical (unpaired) electrons. The Hall–Kier alpha value is 0.0500. The minimum atomic E-state index is 0.117. The Morgan fingerprint density at radius 2 is 2.33 bits per heavy atom. The van der Waals surface area contributed by atoms with Gasteiger partial charge in [0.15, 0.2) is 0 Å². The van der Waals surface area contributed by atoms with Gasteiger partial charge in [-0.1, -0.05) is 6.08 Å². The summed E-state index contributed by atoms with van der Waals surface area (Å²) in [7, 11) is 0.117. The first-order valence-electron chi connectivity index (χ1n) is 3.25. The van der Waals surface area contributed by atoms with Crippen molar-refractivity contribution in [2.24, 2.45) is 0 Å². The Morgan fingerprint density at radius 3 is 2.67 bits per heavy atom. The molecule has 1 nitrogen and oxygen atoms in total. The molecule has 0 aromatic carbocycles. The van der Waals surface area contributed by atoms with Gasteiger partial charge in [0, 0.05) is 0 Å². The first-order chi connectivity index (χ1) is 4.30. The predicted octanol–water partition coefficient (Wildman–Crippen LogP) is 1.55. The molecule has 2 heteroatoms. The smallest absolute Gasteiger partial charge is 0.0755 e. The van der Waals surface area contributed by atoms with Crippen molar-refractivity contribution in [3.05, 3.63) is 11.0 Å². The summed E-state index contributed by atoms with van der Waals surface area (Å²) in [6.45, 7) is 1.81. The fourth-order valence-corrected chi connectivity index (χ4v) is 1.70. The minimum absolute atomic E-state index is 0.117. The zero-order chi connectivity index (χ0) is 6.69. The van der Waals surface area contributed by atoms with E-state index in [-0.39, 0.29) is 10.9 Å². The van der Waals surface area contributed by atoms with Crippen LogP contribution in [0.2, 0.25) is 0 Å². The molecule has 0 spiro atoms. The second-order valence-corrected chi connectivity index (χ2v) is 4.79. The van der Waals surface area contributed by atoms with E-state index in [4.69, 9.17) is 4.74 Å². The van der Waals surface area contributed by atoms with E-state index in [0.29, 0.717) is 0 Å². The maximum atomic E-state index is 5.29. The normalized spacial score (nSPS) is 21.1. The molecule has 0 atom stereocenters. The van der Waals surface area contributed by atoms with Gasteiger partial charge in [0.25, 0.3) is 0 Å². The van der Waals surface area contributed by atoms with Crippen molar-refractivity contribution in [3.63, 3.8) is 0 Å². The van der Waals surface area contributed by atoms with Gasteiger partial charge in [-0.15, -0.1) is 0 Å². The third kappa shape index (κ3) is 2.03. The van der Waals surface area contributed by atoms with Crippen molar-refractivity contribution in [1.82, 2.24) is 0 Å². The maximum Gasteiger partial charge on any atom is 0.0755 e. The van der Waals surface area contributed by atoms with E-state index in [9.17, 15) is 0 Å². The van der Waals surface area contributed by atoms with Crippen LogP contribution < -0.4 is 0 Å². The first kappa shape index (κ1) is 7.16. The number of hydrogen-bond donors (Lipinski definition) is 1. The summed E-state index contributed by atoms with van der Waals surface area (Å²) in [5.74, 6) is 0. The number of rotatable bonds is 1. The lowest BCUT2D eigenvalue weighted by Gasteiger charge is -2.18. The zero-order valence-corrected chi connectivity index (χ0v) is 6.95. The van der Waals surface area contributed by atoms with Gasteiger partial charge in [-0.05, 0) is 23.8 Å². The standard InChI is InChI=1S/C7H14OS/c1-9(2)7-4-3-5-8-6-7/h4,9H,3,5-6H2,1-2H3. The van der Waals surface area contributed by atoms with Crippen molar-refractivity contribution >= 4 is 10.9 Å². The molecule has 0 aromatic heterocycles. The molecule has 54 valence electrons. The SMILES string of the molecule is C[SH](C)C1=CCCOC1. The van der Waals surface area contributed by atoms with Gasteiger partial charge in [0.1, 0.15) is 0 Å². The van der Waals surface area contributed by atoms with Crippen LogP contribution in [-0.4, -0.2) is 25.7 Å². The van der Waals surface area contributed by atoms with E-state index in [1.807, 2.05) is 0 Å². The molecule has 0 aromatic rings. The number of thiol groups is 1. The topological polar surface area (TPSA) is 9.23 Å². The van der Waals surface area contributed by atoms with E-state index in [1.165, 1.54) is 4.91 Å². The Morgan fingerprint density at radius 1 is 1.56 bits per heavy atom. The highest BCUT2D eigenvalue weighted by atomic mass is 32.2. The zero-order valence-electron chi connectivity index (χ0n) is 6.05. The van der Waals surface area contributed by atoms with Crippen LogP contribution in [0.5, 0.6) is 0 Å². The molecule has 0 unspecified atom stereocenters. The van der Waals surface area contributed by atoms with Crippen LogP contribution in [-0.2, 0) is 4.74 Å². The average Bonchev–Trinajstić information content (AvgIpc) is 1.90. The van der Waals surface area contributed by atoms with E-state index in [0.717, 1.165) is 19.6 Å². The average molecular weight is 146 g/mol. The molecule has 0 bridgehead atoms. The molecule has 1 aliphatic rings. The second-order valence-electron chi connectivity index (χ2n) is 2.43. The van der Waals surface area contributed by atoms with Crippen molar-refractivity contribution in [1.29, 1.82) is 0 Å². The first-order valence-corrected chi connectivity index (χ1v) is 5.48. The molecule has 0 amide bonds. The van der Waals surface area contributed by atoms with Crippen molar-refractivity contribution in [3.8, 4) is 0 Å². The van der Waals surface area contributed by atoms with Gasteiger partial charge in [-0.3, -0.25) is 0 Å². The van der Waals surface area contributed by atoms with Crippen LogP contribution >= 0.6 is 10.9 Å². The summed E-state index contributed by atoms with van der Waals surface area (Å²) < 4.78 is 5.29. The van der Waals surface area contributed by atoms with Crippen molar-refractivity contribution in [2.45, 2.75) is 6.42 Å². The van der Waals surface area contributed by atoms with Crippen LogP contribution in [0.4, 0.5) is 0 Å². The Bertz CT molecular complexity index is 118. The Kier molecular flexibility index (Phi) is 2.61. The summed E-state index contributed by atoms with van der Waals surface area (Å²) in [6, 6.07) is 0. The fraction of sp³-hybridized carbons (Fsp3) is 0.714. The highest BCUT2D eigenvalue weighted by Crippen LogP contribution is 2.28. The molecular weight excluding hydrogens is 132 g/mol.